The van der Waals surface area contributed by atoms with Gasteiger partial charge in [0.25, 0.3) is 5.91 Å². The number of hydrogen-bond donors (Lipinski definition) is 2. The molecule has 2 N–H and O–H groups in total. The fourth-order valence-electron chi connectivity index (χ4n) is 3.67. The number of carbonyl (C=O) groups excluding carboxylic acids is 1. The zero-order valence-corrected chi connectivity index (χ0v) is 19.4. The van der Waals surface area contributed by atoms with E-state index in [9.17, 15) is 9.90 Å². The van der Waals surface area contributed by atoms with Gasteiger partial charge in [0.1, 0.15) is 17.0 Å². The second kappa shape index (κ2) is 10.1. The molecule has 1 aromatic heterocycles. The summed E-state index contributed by atoms with van der Waals surface area (Å²) in [6, 6.07) is 19.1. The highest BCUT2D eigenvalue weighted by molar-refractivity contribution is 6.35. The van der Waals surface area contributed by atoms with Gasteiger partial charge in [0, 0.05) is 22.2 Å². The Balaban J connectivity index is 1.67. The molecule has 0 aliphatic carbocycles. The van der Waals surface area contributed by atoms with Gasteiger partial charge in [0.05, 0.1) is 11.1 Å². The summed E-state index contributed by atoms with van der Waals surface area (Å²) in [5.41, 5.74) is 2.46. The van der Waals surface area contributed by atoms with Crippen LogP contribution in [-0.2, 0) is 11.2 Å². The van der Waals surface area contributed by atoms with E-state index in [1.165, 1.54) is 0 Å². The van der Waals surface area contributed by atoms with Gasteiger partial charge in [-0.25, -0.2) is 0 Å². The number of carbonyl (C=O) groups is 1. The normalized spacial score (nSPS) is 11.8. The van der Waals surface area contributed by atoms with Crippen molar-refractivity contribution < 1.29 is 14.6 Å². The molecular weight excluding hydrogens is 459 g/mol. The van der Waals surface area contributed by atoms with Gasteiger partial charge in [-0.3, -0.25) is 9.78 Å². The van der Waals surface area contributed by atoms with Gasteiger partial charge in [-0.2, -0.15) is 0 Å². The predicted molar refractivity (Wildman–Crippen MR) is 131 cm³/mol. The molecule has 0 saturated heterocycles. The lowest BCUT2D eigenvalue weighted by Gasteiger charge is -2.23. The van der Waals surface area contributed by atoms with Gasteiger partial charge in [-0.15, -0.1) is 0 Å². The number of aromatic hydroxyl groups is 1. The van der Waals surface area contributed by atoms with E-state index in [2.05, 4.69) is 17.2 Å². The van der Waals surface area contributed by atoms with Gasteiger partial charge in [-0.1, -0.05) is 60.5 Å². The van der Waals surface area contributed by atoms with Crippen molar-refractivity contribution in [1.29, 1.82) is 0 Å². The highest BCUT2D eigenvalue weighted by Crippen LogP contribution is 2.39. The number of aryl methyl sites for hydroxylation is 1. The van der Waals surface area contributed by atoms with Gasteiger partial charge in [0.15, 0.2) is 6.61 Å². The largest absolute Gasteiger partial charge is 0.505 e. The first-order chi connectivity index (χ1) is 16.0. The van der Waals surface area contributed by atoms with Crippen molar-refractivity contribution in [2.24, 2.45) is 0 Å². The van der Waals surface area contributed by atoms with Crippen molar-refractivity contribution in [3.05, 3.63) is 99.7 Å². The van der Waals surface area contributed by atoms with Crippen LogP contribution < -0.4 is 10.1 Å². The third-order valence-corrected chi connectivity index (χ3v) is 6.01. The van der Waals surface area contributed by atoms with Crippen molar-refractivity contribution in [3.63, 3.8) is 0 Å². The lowest BCUT2D eigenvalue weighted by molar-refractivity contribution is -0.123. The first-order valence-corrected chi connectivity index (χ1v) is 11.2. The number of pyridine rings is 1. The number of phenols is 1. The summed E-state index contributed by atoms with van der Waals surface area (Å²) in [4.78, 5) is 17.2. The first kappa shape index (κ1) is 22.9. The Hall–Kier alpha value is -3.28. The lowest BCUT2D eigenvalue weighted by Crippen LogP contribution is -2.33. The lowest BCUT2D eigenvalue weighted by atomic mass is 9.96. The number of nitrogens with one attached hydrogen (secondary N) is 1. The predicted octanol–water partition coefficient (Wildman–Crippen LogP) is 6.09. The number of rotatable bonds is 7. The quantitative estimate of drug-likeness (QED) is 0.335. The molecule has 0 fully saturated rings. The topological polar surface area (TPSA) is 71.5 Å². The molecule has 4 rings (SSSR count). The summed E-state index contributed by atoms with van der Waals surface area (Å²) in [6.07, 6.45) is 2.44. The van der Waals surface area contributed by atoms with Gasteiger partial charge < -0.3 is 15.2 Å². The number of fused-ring (bicyclic) bond motifs is 1. The van der Waals surface area contributed by atoms with E-state index in [4.69, 9.17) is 27.9 Å². The number of benzene rings is 3. The van der Waals surface area contributed by atoms with Gasteiger partial charge in [-0.05, 0) is 53.9 Å². The summed E-state index contributed by atoms with van der Waals surface area (Å²) in [5, 5.41) is 15.4. The van der Waals surface area contributed by atoms with E-state index in [1.807, 2.05) is 24.3 Å². The van der Waals surface area contributed by atoms with E-state index in [0.717, 1.165) is 12.0 Å². The minimum Gasteiger partial charge on any atom is -0.505 e. The van der Waals surface area contributed by atoms with Crippen LogP contribution in [0.4, 0.5) is 0 Å². The number of nitrogens with zero attached hydrogens (tertiary/aromatic N) is 1. The average molecular weight is 481 g/mol. The molecule has 1 atom stereocenters. The van der Waals surface area contributed by atoms with Crippen LogP contribution in [0.2, 0.25) is 10.0 Å². The van der Waals surface area contributed by atoms with Crippen LogP contribution in [0.15, 0.2) is 72.9 Å². The molecule has 5 nitrogen and oxygen atoms in total. The van der Waals surface area contributed by atoms with E-state index >= 15 is 0 Å². The molecule has 0 spiro atoms. The SMILES string of the molecule is CCc1cccc(OCC(=O)NC(c2ccccc2Cl)c2cc(Cl)c3cccnc3c2O)c1. The van der Waals surface area contributed by atoms with Crippen molar-refractivity contribution in [1.82, 2.24) is 10.3 Å². The monoisotopic (exact) mass is 480 g/mol. The number of hydrogen-bond acceptors (Lipinski definition) is 4. The fraction of sp³-hybridized carbons (Fsp3) is 0.154. The molecule has 0 radical (unpaired) electrons. The number of halogens is 2. The maximum Gasteiger partial charge on any atom is 0.258 e. The summed E-state index contributed by atoms with van der Waals surface area (Å²) in [6.45, 7) is 1.85. The zero-order valence-electron chi connectivity index (χ0n) is 17.9. The van der Waals surface area contributed by atoms with Gasteiger partial charge in [0.2, 0.25) is 0 Å². The summed E-state index contributed by atoms with van der Waals surface area (Å²) < 4.78 is 5.69. The second-order valence-corrected chi connectivity index (χ2v) is 8.32. The van der Waals surface area contributed by atoms with E-state index in [-0.39, 0.29) is 18.3 Å². The molecule has 1 unspecified atom stereocenters. The van der Waals surface area contributed by atoms with E-state index in [1.54, 1.807) is 48.7 Å². The van der Waals surface area contributed by atoms with Crippen LogP contribution >= 0.6 is 23.2 Å². The summed E-state index contributed by atoms with van der Waals surface area (Å²) in [7, 11) is 0. The summed E-state index contributed by atoms with van der Waals surface area (Å²) in [5.74, 6) is 0.162. The third-order valence-electron chi connectivity index (χ3n) is 5.35. The Kier molecular flexibility index (Phi) is 7.02. The van der Waals surface area contributed by atoms with Crippen molar-refractivity contribution in [2.75, 3.05) is 6.61 Å². The molecule has 0 aliphatic rings. The Morgan fingerprint density at radius 1 is 1.03 bits per heavy atom. The van der Waals surface area contributed by atoms with Crippen molar-refractivity contribution in [2.45, 2.75) is 19.4 Å². The number of amides is 1. The smallest absolute Gasteiger partial charge is 0.258 e. The molecule has 168 valence electrons. The van der Waals surface area contributed by atoms with Crippen LogP contribution in [0.1, 0.15) is 29.7 Å². The van der Waals surface area contributed by atoms with Crippen molar-refractivity contribution >= 4 is 40.0 Å². The first-order valence-electron chi connectivity index (χ1n) is 10.5. The zero-order chi connectivity index (χ0) is 23.4. The molecule has 7 heteroatoms. The number of ether oxygens (including phenoxy) is 1. The molecule has 3 aromatic carbocycles. The maximum absolute atomic E-state index is 12.9. The molecule has 1 heterocycles. The highest BCUT2D eigenvalue weighted by atomic mass is 35.5. The molecule has 0 aliphatic heterocycles. The van der Waals surface area contributed by atoms with Crippen LogP contribution in [-0.4, -0.2) is 22.6 Å². The Morgan fingerprint density at radius 3 is 2.64 bits per heavy atom. The fourth-order valence-corrected chi connectivity index (χ4v) is 4.18. The second-order valence-electron chi connectivity index (χ2n) is 7.51. The van der Waals surface area contributed by atoms with Crippen molar-refractivity contribution in [3.8, 4) is 11.5 Å². The molecule has 0 saturated carbocycles. The minimum atomic E-state index is -0.763. The molecule has 4 aromatic rings. The van der Waals surface area contributed by atoms with Crippen LogP contribution in [0, 0.1) is 0 Å². The van der Waals surface area contributed by atoms with E-state index < -0.39 is 6.04 Å². The summed E-state index contributed by atoms with van der Waals surface area (Å²) >= 11 is 12.9. The molecule has 0 bridgehead atoms. The van der Waals surface area contributed by atoms with E-state index in [0.29, 0.717) is 37.8 Å². The standard InChI is InChI=1S/C26H22Cl2N2O3/c1-2-16-7-5-8-17(13-16)33-15-23(31)30-24(18-9-3-4-11-21(18)27)20-14-22(28)19-10-6-12-29-25(19)26(20)32/h3-14,24,32H,2,15H2,1H3,(H,30,31). The number of phenolic OH excluding ortho intramolecular Hbond substituents is 1. The van der Waals surface area contributed by atoms with Crippen LogP contribution in [0.25, 0.3) is 10.9 Å². The Morgan fingerprint density at radius 2 is 1.85 bits per heavy atom. The Labute approximate surface area is 201 Å². The molecule has 33 heavy (non-hydrogen) atoms. The minimum absolute atomic E-state index is 0.0724. The molecular formula is C26H22Cl2N2O3. The third kappa shape index (κ3) is 5.05. The van der Waals surface area contributed by atoms with Gasteiger partial charge >= 0.3 is 0 Å². The Bertz CT molecular complexity index is 1310. The highest BCUT2D eigenvalue weighted by Gasteiger charge is 2.25. The van der Waals surface area contributed by atoms with Crippen LogP contribution in [0.5, 0.6) is 11.5 Å². The number of aromatic nitrogens is 1. The molecule has 1 amide bonds. The van der Waals surface area contributed by atoms with Crippen LogP contribution in [0.3, 0.4) is 0 Å². The average Bonchev–Trinajstić information content (AvgIpc) is 2.84. The maximum atomic E-state index is 12.9.